The second-order valence-electron chi connectivity index (χ2n) is 7.01. The molecule has 0 radical (unpaired) electrons. The summed E-state index contributed by atoms with van der Waals surface area (Å²) in [6, 6.07) is 21.5. The Morgan fingerprint density at radius 3 is 2.41 bits per heavy atom. The van der Waals surface area contributed by atoms with Crippen molar-refractivity contribution in [1.29, 1.82) is 0 Å². The van der Waals surface area contributed by atoms with Crippen molar-refractivity contribution >= 4 is 51.6 Å². The standard InChI is InChI=1S/C23H17ClINO3/c24-17-8-11-20-19(12-17)23(29,13-21(27)16-6-9-18(25)10-7-16)22(28)26(20)14-15-4-2-1-3-5-15/h1-12,29H,13-14H2/t23-/m0/s1. The van der Waals surface area contributed by atoms with Crippen LogP contribution in [0.25, 0.3) is 0 Å². The summed E-state index contributed by atoms with van der Waals surface area (Å²) in [6.45, 7) is 0.300. The number of rotatable bonds is 5. The molecule has 0 unspecified atom stereocenters. The number of aliphatic hydroxyl groups is 1. The number of Topliss-reactive ketones (excluding diaryl/α,β-unsaturated/α-hetero) is 1. The number of carbonyl (C=O) groups excluding carboxylic acids is 2. The van der Waals surface area contributed by atoms with Crippen LogP contribution in [-0.4, -0.2) is 16.8 Å². The van der Waals surface area contributed by atoms with Crippen molar-refractivity contribution in [2.75, 3.05) is 4.90 Å². The molecule has 0 aromatic heterocycles. The molecule has 4 nitrogen and oxygen atoms in total. The number of ketones is 1. The minimum absolute atomic E-state index is 0.300. The molecule has 4 rings (SSSR count). The van der Waals surface area contributed by atoms with Gasteiger partial charge in [-0.15, -0.1) is 0 Å². The molecule has 146 valence electrons. The lowest BCUT2D eigenvalue weighted by Gasteiger charge is -2.23. The highest BCUT2D eigenvalue weighted by molar-refractivity contribution is 14.1. The number of anilines is 1. The van der Waals surface area contributed by atoms with E-state index >= 15 is 0 Å². The van der Waals surface area contributed by atoms with Gasteiger partial charge in [0.1, 0.15) is 0 Å². The fraction of sp³-hybridized carbons (Fsp3) is 0.130. The number of amides is 1. The van der Waals surface area contributed by atoms with Crippen LogP contribution in [0.2, 0.25) is 5.02 Å². The quantitative estimate of drug-likeness (QED) is 0.385. The van der Waals surface area contributed by atoms with E-state index in [1.54, 1.807) is 30.3 Å². The van der Waals surface area contributed by atoms with Crippen molar-refractivity contribution in [3.05, 3.63) is 98.1 Å². The third kappa shape index (κ3) is 3.82. The minimum atomic E-state index is -1.95. The van der Waals surface area contributed by atoms with E-state index in [4.69, 9.17) is 11.6 Å². The maximum atomic E-state index is 13.3. The van der Waals surface area contributed by atoms with Gasteiger partial charge in [-0.2, -0.15) is 0 Å². The van der Waals surface area contributed by atoms with E-state index in [0.29, 0.717) is 28.4 Å². The summed E-state index contributed by atoms with van der Waals surface area (Å²) in [7, 11) is 0. The lowest BCUT2D eigenvalue weighted by molar-refractivity contribution is -0.136. The van der Waals surface area contributed by atoms with Crippen LogP contribution in [0.3, 0.4) is 0 Å². The summed E-state index contributed by atoms with van der Waals surface area (Å²) >= 11 is 8.31. The Kier molecular flexibility index (Phi) is 5.46. The number of carbonyl (C=O) groups is 2. The van der Waals surface area contributed by atoms with Crippen molar-refractivity contribution in [2.45, 2.75) is 18.6 Å². The maximum Gasteiger partial charge on any atom is 0.264 e. The van der Waals surface area contributed by atoms with Crippen LogP contribution in [0.5, 0.6) is 0 Å². The molecule has 1 atom stereocenters. The smallest absolute Gasteiger partial charge is 0.264 e. The lowest BCUT2D eigenvalue weighted by Crippen LogP contribution is -2.41. The molecule has 0 saturated heterocycles. The summed E-state index contributed by atoms with van der Waals surface area (Å²) in [4.78, 5) is 27.7. The summed E-state index contributed by atoms with van der Waals surface area (Å²) in [5.74, 6) is -0.817. The molecule has 1 N–H and O–H groups in total. The second-order valence-corrected chi connectivity index (χ2v) is 8.69. The molecular weight excluding hydrogens is 501 g/mol. The zero-order valence-corrected chi connectivity index (χ0v) is 18.2. The zero-order chi connectivity index (χ0) is 20.6. The Morgan fingerprint density at radius 2 is 1.72 bits per heavy atom. The van der Waals surface area contributed by atoms with Gasteiger partial charge in [-0.3, -0.25) is 9.59 Å². The highest BCUT2D eigenvalue weighted by Crippen LogP contribution is 2.44. The van der Waals surface area contributed by atoms with Gasteiger partial charge >= 0.3 is 0 Å². The fourth-order valence-corrected chi connectivity index (χ4v) is 4.12. The first kappa shape index (κ1) is 20.1. The predicted molar refractivity (Wildman–Crippen MR) is 121 cm³/mol. The van der Waals surface area contributed by atoms with E-state index < -0.39 is 11.5 Å². The monoisotopic (exact) mass is 517 g/mol. The van der Waals surface area contributed by atoms with Crippen molar-refractivity contribution in [2.24, 2.45) is 0 Å². The van der Waals surface area contributed by atoms with Crippen LogP contribution in [0, 0.1) is 3.57 Å². The van der Waals surface area contributed by atoms with E-state index in [-0.39, 0.29) is 12.2 Å². The average molecular weight is 518 g/mol. The molecule has 0 bridgehead atoms. The first-order valence-corrected chi connectivity index (χ1v) is 10.5. The highest BCUT2D eigenvalue weighted by Gasteiger charge is 2.51. The van der Waals surface area contributed by atoms with Gasteiger partial charge in [0, 0.05) is 19.7 Å². The van der Waals surface area contributed by atoms with Gasteiger partial charge in [-0.05, 0) is 58.5 Å². The average Bonchev–Trinajstić information content (AvgIpc) is 2.91. The van der Waals surface area contributed by atoms with E-state index in [1.807, 2.05) is 42.5 Å². The Bertz CT molecular complexity index is 1090. The Labute approximate surface area is 187 Å². The highest BCUT2D eigenvalue weighted by atomic mass is 127. The molecule has 0 spiro atoms. The van der Waals surface area contributed by atoms with E-state index in [2.05, 4.69) is 22.6 Å². The van der Waals surface area contributed by atoms with Crippen LogP contribution in [0.1, 0.15) is 27.9 Å². The number of nitrogens with zero attached hydrogens (tertiary/aromatic N) is 1. The largest absolute Gasteiger partial charge is 0.375 e. The van der Waals surface area contributed by atoms with Crippen molar-refractivity contribution in [1.82, 2.24) is 0 Å². The van der Waals surface area contributed by atoms with Gasteiger partial charge in [0.2, 0.25) is 0 Å². The first-order valence-electron chi connectivity index (χ1n) is 9.05. The fourth-order valence-electron chi connectivity index (χ4n) is 3.59. The number of hydrogen-bond donors (Lipinski definition) is 1. The predicted octanol–water partition coefficient (Wildman–Crippen LogP) is 4.95. The van der Waals surface area contributed by atoms with E-state index in [0.717, 1.165) is 9.13 Å². The molecule has 1 amide bonds. The van der Waals surface area contributed by atoms with Crippen LogP contribution in [0.4, 0.5) is 5.69 Å². The van der Waals surface area contributed by atoms with Crippen molar-refractivity contribution in [3.63, 3.8) is 0 Å². The van der Waals surface area contributed by atoms with Gasteiger partial charge in [-0.25, -0.2) is 0 Å². The van der Waals surface area contributed by atoms with Crippen LogP contribution >= 0.6 is 34.2 Å². The Hall–Kier alpha value is -2.22. The minimum Gasteiger partial charge on any atom is -0.375 e. The molecule has 1 aliphatic heterocycles. The van der Waals surface area contributed by atoms with Gasteiger partial charge in [-0.1, -0.05) is 54.1 Å². The molecule has 1 heterocycles. The van der Waals surface area contributed by atoms with Gasteiger partial charge in [0.25, 0.3) is 5.91 Å². The SMILES string of the molecule is O=C(C[C@@]1(O)C(=O)N(Cc2ccccc2)c2ccc(Cl)cc21)c1ccc(I)cc1. The zero-order valence-electron chi connectivity index (χ0n) is 15.3. The second kappa shape index (κ2) is 7.89. The lowest BCUT2D eigenvalue weighted by atomic mass is 9.88. The van der Waals surface area contributed by atoms with E-state index in [9.17, 15) is 14.7 Å². The normalized spacial score (nSPS) is 18.0. The molecule has 6 heteroatoms. The maximum absolute atomic E-state index is 13.3. The Balaban J connectivity index is 1.71. The molecule has 3 aromatic carbocycles. The number of benzene rings is 3. The van der Waals surface area contributed by atoms with Gasteiger partial charge in [0.05, 0.1) is 18.7 Å². The molecule has 29 heavy (non-hydrogen) atoms. The van der Waals surface area contributed by atoms with Gasteiger partial charge < -0.3 is 10.0 Å². The molecule has 0 aliphatic carbocycles. The summed E-state index contributed by atoms with van der Waals surface area (Å²) in [5.41, 5.74) is 0.368. The topological polar surface area (TPSA) is 57.6 Å². The number of fused-ring (bicyclic) bond motifs is 1. The van der Waals surface area contributed by atoms with Crippen LogP contribution < -0.4 is 4.90 Å². The van der Waals surface area contributed by atoms with Crippen molar-refractivity contribution < 1.29 is 14.7 Å². The van der Waals surface area contributed by atoms with Crippen molar-refractivity contribution in [3.8, 4) is 0 Å². The molecule has 0 fully saturated rings. The summed E-state index contributed by atoms with van der Waals surface area (Å²) < 4.78 is 1.00. The summed E-state index contributed by atoms with van der Waals surface area (Å²) in [5, 5.41) is 11.8. The molecule has 0 saturated carbocycles. The summed E-state index contributed by atoms with van der Waals surface area (Å²) in [6.07, 6.45) is -0.342. The third-order valence-corrected chi connectivity index (χ3v) is 6.01. The first-order chi connectivity index (χ1) is 13.9. The van der Waals surface area contributed by atoms with Crippen LogP contribution in [0.15, 0.2) is 72.8 Å². The molecule has 3 aromatic rings. The van der Waals surface area contributed by atoms with Gasteiger partial charge in [0.15, 0.2) is 11.4 Å². The van der Waals surface area contributed by atoms with E-state index in [1.165, 1.54) is 4.90 Å². The molecular formula is C23H17ClINO3. The number of halogens is 2. The third-order valence-electron chi connectivity index (χ3n) is 5.06. The Morgan fingerprint density at radius 1 is 1.03 bits per heavy atom. The number of hydrogen-bond acceptors (Lipinski definition) is 3. The molecule has 1 aliphatic rings. The van der Waals surface area contributed by atoms with Crippen LogP contribution in [-0.2, 0) is 16.9 Å².